The van der Waals surface area contributed by atoms with Crippen molar-refractivity contribution in [2.75, 3.05) is 12.9 Å². The predicted octanol–water partition coefficient (Wildman–Crippen LogP) is 4.31. The number of fused-ring (bicyclic) bond motifs is 1. The third kappa shape index (κ3) is 2.61. The molecule has 0 amide bonds. The average Bonchev–Trinajstić information content (AvgIpc) is 2.55. The molecule has 1 atom stereocenters. The van der Waals surface area contributed by atoms with Gasteiger partial charge in [-0.05, 0) is 29.3 Å². The van der Waals surface area contributed by atoms with Gasteiger partial charge in [0, 0.05) is 16.2 Å². The number of allylic oxidation sites excluding steroid dienone is 1. The van der Waals surface area contributed by atoms with E-state index in [9.17, 15) is 4.79 Å². The van der Waals surface area contributed by atoms with E-state index in [-0.39, 0.29) is 11.7 Å². The topological polar surface area (TPSA) is 26.3 Å². The molecule has 1 aliphatic rings. The zero-order valence-electron chi connectivity index (χ0n) is 11.8. The first-order chi connectivity index (χ1) is 10.2. The van der Waals surface area contributed by atoms with Crippen molar-refractivity contribution < 1.29 is 9.53 Å². The van der Waals surface area contributed by atoms with E-state index >= 15 is 0 Å². The maximum Gasteiger partial charge on any atom is 0.172 e. The summed E-state index contributed by atoms with van der Waals surface area (Å²) in [5.74, 6) is 1.51. The van der Waals surface area contributed by atoms with E-state index in [4.69, 9.17) is 4.74 Å². The van der Waals surface area contributed by atoms with E-state index in [0.717, 1.165) is 33.1 Å². The molecule has 1 unspecified atom stereocenters. The van der Waals surface area contributed by atoms with E-state index in [0.29, 0.717) is 0 Å². The first kappa shape index (κ1) is 14.0. The maximum atomic E-state index is 12.7. The van der Waals surface area contributed by atoms with Gasteiger partial charge in [0.25, 0.3) is 0 Å². The molecular formula is C18H16O2S. The second-order valence-electron chi connectivity index (χ2n) is 4.98. The van der Waals surface area contributed by atoms with Crippen molar-refractivity contribution in [3.63, 3.8) is 0 Å². The highest BCUT2D eigenvalue weighted by Crippen LogP contribution is 2.39. The van der Waals surface area contributed by atoms with Crippen LogP contribution in [0.4, 0.5) is 0 Å². The fourth-order valence-corrected chi connectivity index (χ4v) is 3.72. The molecule has 0 aliphatic carbocycles. The fourth-order valence-electron chi connectivity index (χ4n) is 2.50. The molecule has 0 aromatic heterocycles. The van der Waals surface area contributed by atoms with Crippen LogP contribution in [0.25, 0.3) is 5.57 Å². The quantitative estimate of drug-likeness (QED) is 0.844. The zero-order valence-corrected chi connectivity index (χ0v) is 12.7. The zero-order chi connectivity index (χ0) is 14.8. The predicted molar refractivity (Wildman–Crippen MR) is 87.0 cm³/mol. The smallest absolute Gasteiger partial charge is 0.172 e. The van der Waals surface area contributed by atoms with Gasteiger partial charge in [-0.3, -0.25) is 4.79 Å². The summed E-state index contributed by atoms with van der Waals surface area (Å²) in [5.41, 5.74) is 2.71. The van der Waals surface area contributed by atoms with Crippen molar-refractivity contribution in [1.82, 2.24) is 0 Å². The summed E-state index contributed by atoms with van der Waals surface area (Å²) in [6, 6.07) is 15.5. The van der Waals surface area contributed by atoms with Gasteiger partial charge in [0.05, 0.1) is 13.0 Å². The molecule has 0 spiro atoms. The molecule has 21 heavy (non-hydrogen) atoms. The summed E-state index contributed by atoms with van der Waals surface area (Å²) in [6.07, 6.45) is 0. The summed E-state index contributed by atoms with van der Waals surface area (Å²) in [7, 11) is 1.64. The summed E-state index contributed by atoms with van der Waals surface area (Å²) < 4.78 is 5.22. The summed E-state index contributed by atoms with van der Waals surface area (Å²) in [4.78, 5) is 13.7. The monoisotopic (exact) mass is 296 g/mol. The molecule has 1 heterocycles. The Hall–Kier alpha value is -2.00. The van der Waals surface area contributed by atoms with E-state index in [1.54, 1.807) is 18.9 Å². The minimum absolute atomic E-state index is 0.153. The van der Waals surface area contributed by atoms with Crippen LogP contribution in [-0.4, -0.2) is 18.6 Å². The van der Waals surface area contributed by atoms with Crippen molar-refractivity contribution >= 4 is 23.1 Å². The number of ether oxygens (including phenoxy) is 1. The van der Waals surface area contributed by atoms with Crippen LogP contribution in [0.3, 0.4) is 0 Å². The highest BCUT2D eigenvalue weighted by atomic mass is 32.2. The Bertz CT molecular complexity index is 692. The van der Waals surface area contributed by atoms with E-state index in [1.165, 1.54) is 0 Å². The number of carbonyl (C=O) groups is 1. The summed E-state index contributed by atoms with van der Waals surface area (Å²) in [5, 5.41) is 0. The minimum Gasteiger partial charge on any atom is -0.497 e. The lowest BCUT2D eigenvalue weighted by molar-refractivity contribution is 0.0954. The number of carbonyl (C=O) groups excluding carboxylic acids is 1. The van der Waals surface area contributed by atoms with Crippen LogP contribution in [0.15, 0.2) is 60.0 Å². The van der Waals surface area contributed by atoms with Gasteiger partial charge in [0.15, 0.2) is 5.78 Å². The first-order valence-electron chi connectivity index (χ1n) is 6.80. The van der Waals surface area contributed by atoms with Crippen LogP contribution in [0.1, 0.15) is 15.9 Å². The van der Waals surface area contributed by atoms with Gasteiger partial charge in [0.1, 0.15) is 5.75 Å². The molecule has 3 heteroatoms. The second-order valence-corrected chi connectivity index (χ2v) is 6.04. The molecule has 1 aliphatic heterocycles. The molecule has 2 nitrogen and oxygen atoms in total. The Balaban J connectivity index is 1.91. The third-order valence-electron chi connectivity index (χ3n) is 3.74. The van der Waals surface area contributed by atoms with Gasteiger partial charge in [-0.2, -0.15) is 0 Å². The lowest BCUT2D eigenvalue weighted by Gasteiger charge is -2.25. The largest absolute Gasteiger partial charge is 0.497 e. The number of benzene rings is 2. The number of hydrogen-bond donors (Lipinski definition) is 0. The number of hydrogen-bond acceptors (Lipinski definition) is 3. The summed E-state index contributed by atoms with van der Waals surface area (Å²) in [6.45, 7) is 4.15. The van der Waals surface area contributed by atoms with Gasteiger partial charge in [-0.1, -0.05) is 36.9 Å². The van der Waals surface area contributed by atoms with Crippen LogP contribution in [0, 0.1) is 5.92 Å². The van der Waals surface area contributed by atoms with Crippen molar-refractivity contribution in [3.8, 4) is 5.75 Å². The summed E-state index contributed by atoms with van der Waals surface area (Å²) >= 11 is 1.69. The molecule has 0 N–H and O–H groups in total. The molecule has 0 fully saturated rings. The van der Waals surface area contributed by atoms with Crippen molar-refractivity contribution in [3.05, 3.63) is 66.2 Å². The van der Waals surface area contributed by atoms with Crippen LogP contribution >= 0.6 is 11.8 Å². The van der Waals surface area contributed by atoms with Gasteiger partial charge < -0.3 is 4.74 Å². The Morgan fingerprint density at radius 1 is 1.24 bits per heavy atom. The van der Waals surface area contributed by atoms with Crippen molar-refractivity contribution in [2.24, 2.45) is 5.92 Å². The number of Topliss-reactive ketones (excluding diaryl/α,β-unsaturated/α-hetero) is 1. The minimum atomic E-state index is -0.154. The van der Waals surface area contributed by atoms with Crippen LogP contribution in [0.5, 0.6) is 5.75 Å². The normalized spacial score (nSPS) is 17.2. The Morgan fingerprint density at radius 2 is 2.00 bits per heavy atom. The molecule has 0 radical (unpaired) electrons. The molecule has 0 bridgehead atoms. The lowest BCUT2D eigenvalue weighted by atomic mass is 9.88. The number of methoxy groups -OCH3 is 1. The van der Waals surface area contributed by atoms with Crippen molar-refractivity contribution in [1.29, 1.82) is 0 Å². The van der Waals surface area contributed by atoms with Crippen LogP contribution < -0.4 is 4.74 Å². The molecule has 2 aromatic rings. The van der Waals surface area contributed by atoms with E-state index in [1.807, 2.05) is 48.5 Å². The van der Waals surface area contributed by atoms with Gasteiger partial charge in [0.2, 0.25) is 0 Å². The van der Waals surface area contributed by atoms with E-state index < -0.39 is 0 Å². The number of ketones is 1. The van der Waals surface area contributed by atoms with E-state index in [2.05, 4.69) is 6.58 Å². The second kappa shape index (κ2) is 5.78. The third-order valence-corrected chi connectivity index (χ3v) is 4.89. The fraction of sp³-hybridized carbons (Fsp3) is 0.167. The average molecular weight is 296 g/mol. The van der Waals surface area contributed by atoms with Gasteiger partial charge in [-0.15, -0.1) is 11.8 Å². The van der Waals surface area contributed by atoms with Gasteiger partial charge in [-0.25, -0.2) is 0 Å². The maximum absolute atomic E-state index is 12.7. The van der Waals surface area contributed by atoms with Crippen LogP contribution in [-0.2, 0) is 0 Å². The Kier molecular flexibility index (Phi) is 3.84. The standard InChI is InChI=1S/C18H16O2S/c1-12(13-6-4-3-5-7-13)16-11-21-17-10-14(20-2)8-9-15(17)18(16)19/h3-10,16H,1,11H2,2H3. The molecular weight excluding hydrogens is 280 g/mol. The Labute approximate surface area is 128 Å². The molecule has 0 saturated carbocycles. The highest BCUT2D eigenvalue weighted by Gasteiger charge is 2.30. The number of rotatable bonds is 3. The Morgan fingerprint density at radius 3 is 2.71 bits per heavy atom. The van der Waals surface area contributed by atoms with Gasteiger partial charge >= 0.3 is 0 Å². The van der Waals surface area contributed by atoms with Crippen molar-refractivity contribution in [2.45, 2.75) is 4.90 Å². The SMILES string of the molecule is C=C(c1ccccc1)C1CSc2cc(OC)ccc2C1=O. The highest BCUT2D eigenvalue weighted by molar-refractivity contribution is 7.99. The molecule has 2 aromatic carbocycles. The lowest BCUT2D eigenvalue weighted by Crippen LogP contribution is -2.23. The first-order valence-corrected chi connectivity index (χ1v) is 7.78. The molecule has 0 saturated heterocycles. The number of thioether (sulfide) groups is 1. The molecule has 106 valence electrons. The van der Waals surface area contributed by atoms with Crippen LogP contribution in [0.2, 0.25) is 0 Å². The molecule has 3 rings (SSSR count).